The van der Waals surface area contributed by atoms with Gasteiger partial charge in [-0.3, -0.25) is 4.99 Å². The SMILES string of the molecule is I.NC(=NCC(O)c1ccccc1Cl)Nc1ccc2c(c1)OCCCO2. The van der Waals surface area contributed by atoms with Crippen molar-refractivity contribution >= 4 is 47.2 Å². The lowest BCUT2D eigenvalue weighted by Gasteiger charge is -2.12. The molecule has 140 valence electrons. The van der Waals surface area contributed by atoms with Crippen LogP contribution in [0.5, 0.6) is 11.5 Å². The van der Waals surface area contributed by atoms with E-state index in [1.807, 2.05) is 30.3 Å². The summed E-state index contributed by atoms with van der Waals surface area (Å²) in [4.78, 5) is 4.17. The smallest absolute Gasteiger partial charge is 0.193 e. The molecule has 8 heteroatoms. The van der Waals surface area contributed by atoms with E-state index in [2.05, 4.69) is 10.3 Å². The monoisotopic (exact) mass is 489 g/mol. The van der Waals surface area contributed by atoms with E-state index in [1.165, 1.54) is 0 Å². The molecule has 1 aliphatic heterocycles. The van der Waals surface area contributed by atoms with E-state index in [1.54, 1.807) is 12.1 Å². The maximum atomic E-state index is 10.2. The number of halogens is 2. The first kappa shape index (κ1) is 20.6. The van der Waals surface area contributed by atoms with Gasteiger partial charge in [0.2, 0.25) is 0 Å². The average molecular weight is 490 g/mol. The molecule has 0 bridgehead atoms. The molecule has 4 N–H and O–H groups in total. The predicted octanol–water partition coefficient (Wildman–Crippen LogP) is 3.58. The lowest BCUT2D eigenvalue weighted by atomic mass is 10.1. The summed E-state index contributed by atoms with van der Waals surface area (Å²) in [5, 5.41) is 13.7. The fourth-order valence-electron chi connectivity index (χ4n) is 2.46. The molecular weight excluding hydrogens is 469 g/mol. The number of fused-ring (bicyclic) bond motifs is 1. The second-order valence-electron chi connectivity index (χ2n) is 5.60. The Bertz CT molecular complexity index is 773. The van der Waals surface area contributed by atoms with Gasteiger partial charge in [-0.1, -0.05) is 29.8 Å². The Hall–Kier alpha value is -1.71. The van der Waals surface area contributed by atoms with E-state index in [0.717, 1.165) is 12.1 Å². The molecule has 0 saturated heterocycles. The topological polar surface area (TPSA) is 89.1 Å². The predicted molar refractivity (Wildman–Crippen MR) is 114 cm³/mol. The van der Waals surface area contributed by atoms with Crippen LogP contribution < -0.4 is 20.5 Å². The molecule has 1 atom stereocenters. The van der Waals surface area contributed by atoms with Crippen molar-refractivity contribution in [3.05, 3.63) is 53.1 Å². The first-order valence-electron chi connectivity index (χ1n) is 8.02. The molecule has 1 unspecified atom stereocenters. The highest BCUT2D eigenvalue weighted by molar-refractivity contribution is 14.0. The van der Waals surface area contributed by atoms with Crippen molar-refractivity contribution in [2.75, 3.05) is 25.1 Å². The number of aliphatic hydroxyl groups is 1. The normalized spacial score (nSPS) is 14.8. The van der Waals surface area contributed by atoms with Crippen molar-refractivity contribution in [2.24, 2.45) is 10.7 Å². The summed E-state index contributed by atoms with van der Waals surface area (Å²) in [5.41, 5.74) is 7.26. The van der Waals surface area contributed by atoms with E-state index in [4.69, 9.17) is 26.8 Å². The second-order valence-corrected chi connectivity index (χ2v) is 6.01. The molecule has 0 spiro atoms. The quantitative estimate of drug-likeness (QED) is 0.347. The minimum Gasteiger partial charge on any atom is -0.490 e. The zero-order valence-electron chi connectivity index (χ0n) is 14.0. The third-order valence-electron chi connectivity index (χ3n) is 3.72. The average Bonchev–Trinajstić information content (AvgIpc) is 2.85. The van der Waals surface area contributed by atoms with Gasteiger partial charge in [-0.25, -0.2) is 0 Å². The number of ether oxygens (including phenoxy) is 2. The number of guanidine groups is 1. The van der Waals surface area contributed by atoms with E-state index in [9.17, 15) is 5.11 Å². The van der Waals surface area contributed by atoms with Gasteiger partial charge in [0.15, 0.2) is 17.5 Å². The lowest BCUT2D eigenvalue weighted by Crippen LogP contribution is -2.23. The Kier molecular flexibility index (Phi) is 7.80. The van der Waals surface area contributed by atoms with E-state index in [0.29, 0.717) is 35.3 Å². The van der Waals surface area contributed by atoms with Gasteiger partial charge < -0.3 is 25.6 Å². The standard InChI is InChI=1S/C18H20ClN3O3.HI/c19-14-5-2-1-4-13(14)15(23)11-21-18(20)22-12-6-7-16-17(10-12)25-9-3-8-24-16;/h1-2,4-7,10,15,23H,3,8-9,11H2,(H3,20,21,22);1H. The number of aliphatic hydroxyl groups excluding tert-OH is 1. The number of rotatable bonds is 4. The highest BCUT2D eigenvalue weighted by atomic mass is 127. The molecule has 2 aromatic carbocycles. The van der Waals surface area contributed by atoms with Crippen molar-refractivity contribution in [3.8, 4) is 11.5 Å². The summed E-state index contributed by atoms with van der Waals surface area (Å²) in [6, 6.07) is 12.6. The number of nitrogens with zero attached hydrogens (tertiary/aromatic N) is 1. The van der Waals surface area contributed by atoms with Gasteiger partial charge in [0.05, 0.1) is 19.8 Å². The molecule has 0 radical (unpaired) electrons. The number of aliphatic imine (C=N–C) groups is 1. The van der Waals surface area contributed by atoms with Crippen molar-refractivity contribution in [2.45, 2.75) is 12.5 Å². The van der Waals surface area contributed by atoms with Crippen LogP contribution in [0.15, 0.2) is 47.5 Å². The van der Waals surface area contributed by atoms with E-state index < -0.39 is 6.10 Å². The first-order valence-corrected chi connectivity index (χ1v) is 8.40. The molecule has 1 heterocycles. The number of anilines is 1. The third kappa shape index (κ3) is 5.39. The molecule has 3 rings (SSSR count). The summed E-state index contributed by atoms with van der Waals surface area (Å²) in [6.07, 6.45) is 0.0267. The molecule has 1 aliphatic rings. The van der Waals surface area contributed by atoms with E-state index in [-0.39, 0.29) is 36.5 Å². The van der Waals surface area contributed by atoms with Crippen LogP contribution in [0.25, 0.3) is 0 Å². The highest BCUT2D eigenvalue weighted by Crippen LogP contribution is 2.32. The number of hydrogen-bond donors (Lipinski definition) is 3. The Balaban J connectivity index is 0.00000243. The Morgan fingerprint density at radius 2 is 1.92 bits per heavy atom. The van der Waals surface area contributed by atoms with Crippen LogP contribution in [0.4, 0.5) is 5.69 Å². The largest absolute Gasteiger partial charge is 0.490 e. The van der Waals surface area contributed by atoms with Crippen molar-refractivity contribution in [3.63, 3.8) is 0 Å². The van der Waals surface area contributed by atoms with Crippen LogP contribution in [-0.2, 0) is 0 Å². The van der Waals surface area contributed by atoms with Gasteiger partial charge in [-0.05, 0) is 18.2 Å². The van der Waals surface area contributed by atoms with Crippen LogP contribution in [0.2, 0.25) is 5.02 Å². The fourth-order valence-corrected chi connectivity index (χ4v) is 2.72. The zero-order valence-corrected chi connectivity index (χ0v) is 17.1. The molecule has 26 heavy (non-hydrogen) atoms. The Morgan fingerprint density at radius 3 is 2.69 bits per heavy atom. The molecule has 0 aromatic heterocycles. The molecular formula is C18H21ClIN3O3. The second kappa shape index (κ2) is 9.84. The van der Waals surface area contributed by atoms with Gasteiger partial charge in [0.1, 0.15) is 6.10 Å². The number of benzene rings is 2. The summed E-state index contributed by atoms with van der Waals surface area (Å²) in [5.74, 6) is 1.58. The lowest BCUT2D eigenvalue weighted by molar-refractivity contribution is 0.187. The van der Waals surface area contributed by atoms with Crippen LogP contribution in [-0.4, -0.2) is 30.8 Å². The maximum absolute atomic E-state index is 10.2. The maximum Gasteiger partial charge on any atom is 0.193 e. The van der Waals surface area contributed by atoms with Crippen LogP contribution in [0.1, 0.15) is 18.1 Å². The minimum absolute atomic E-state index is 0. The van der Waals surface area contributed by atoms with Crippen molar-refractivity contribution in [1.82, 2.24) is 0 Å². The zero-order chi connectivity index (χ0) is 17.6. The summed E-state index contributed by atoms with van der Waals surface area (Å²) in [7, 11) is 0. The number of nitrogens with one attached hydrogen (secondary N) is 1. The Morgan fingerprint density at radius 1 is 1.19 bits per heavy atom. The summed E-state index contributed by atoms with van der Waals surface area (Å²) < 4.78 is 11.2. The summed E-state index contributed by atoms with van der Waals surface area (Å²) >= 11 is 6.06. The highest BCUT2D eigenvalue weighted by Gasteiger charge is 2.12. The van der Waals surface area contributed by atoms with Crippen molar-refractivity contribution < 1.29 is 14.6 Å². The van der Waals surface area contributed by atoms with Gasteiger partial charge in [-0.2, -0.15) is 0 Å². The number of nitrogens with two attached hydrogens (primary N) is 1. The molecule has 0 amide bonds. The summed E-state index contributed by atoms with van der Waals surface area (Å²) in [6.45, 7) is 1.36. The fraction of sp³-hybridized carbons (Fsp3) is 0.278. The molecule has 0 fully saturated rings. The molecule has 6 nitrogen and oxygen atoms in total. The molecule has 0 aliphatic carbocycles. The molecule has 2 aromatic rings. The van der Waals surface area contributed by atoms with Gasteiger partial charge >= 0.3 is 0 Å². The molecule has 0 saturated carbocycles. The van der Waals surface area contributed by atoms with Gasteiger partial charge in [0.25, 0.3) is 0 Å². The first-order chi connectivity index (χ1) is 12.1. The Labute approximate surface area is 174 Å². The minimum atomic E-state index is -0.821. The van der Waals surface area contributed by atoms with Gasteiger partial charge in [0, 0.05) is 28.8 Å². The van der Waals surface area contributed by atoms with Crippen LogP contribution >= 0.6 is 35.6 Å². The van der Waals surface area contributed by atoms with E-state index >= 15 is 0 Å². The van der Waals surface area contributed by atoms with Crippen molar-refractivity contribution in [1.29, 1.82) is 0 Å². The van der Waals surface area contributed by atoms with Gasteiger partial charge in [-0.15, -0.1) is 24.0 Å². The van der Waals surface area contributed by atoms with Crippen LogP contribution in [0, 0.1) is 0 Å². The number of hydrogen-bond acceptors (Lipinski definition) is 4. The van der Waals surface area contributed by atoms with Crippen LogP contribution in [0.3, 0.4) is 0 Å². The third-order valence-corrected chi connectivity index (χ3v) is 4.06.